The normalized spacial score (nSPS) is 13.0. The maximum atomic E-state index is 12.2. The van der Waals surface area contributed by atoms with Crippen LogP contribution in [0.5, 0.6) is 0 Å². The molecule has 3 heterocycles. The predicted octanol–water partition coefficient (Wildman–Crippen LogP) is 4.67. The molecule has 0 aliphatic rings. The van der Waals surface area contributed by atoms with Crippen molar-refractivity contribution < 1.29 is 0 Å². The summed E-state index contributed by atoms with van der Waals surface area (Å²) in [6.07, 6.45) is 0. The average molecular weight is 331 g/mol. The van der Waals surface area contributed by atoms with Gasteiger partial charge in [0.15, 0.2) is 0 Å². The number of hydrogen-bond donors (Lipinski definition) is 1. The van der Waals surface area contributed by atoms with Crippen molar-refractivity contribution >= 4 is 56.1 Å². The molecule has 0 amide bonds. The van der Waals surface area contributed by atoms with Crippen molar-refractivity contribution in [2.75, 3.05) is 0 Å². The smallest absolute Gasteiger partial charge is 0.260 e. The number of aromatic amines is 1. The maximum absolute atomic E-state index is 12.2. The van der Waals surface area contributed by atoms with Crippen LogP contribution in [0.1, 0.15) is 18.1 Å². The van der Waals surface area contributed by atoms with E-state index in [0.29, 0.717) is 20.4 Å². The van der Waals surface area contributed by atoms with Crippen LogP contribution >= 0.6 is 45.9 Å². The Labute approximate surface area is 126 Å². The minimum atomic E-state index is -0.321. The molecule has 0 radical (unpaired) electrons. The van der Waals surface area contributed by atoms with E-state index in [0.717, 1.165) is 10.4 Å². The number of alkyl halides is 1. The molecular weight excluding hydrogens is 323 g/mol. The molecule has 7 heteroatoms. The minimum Gasteiger partial charge on any atom is -0.309 e. The Bertz CT molecular complexity index is 804. The van der Waals surface area contributed by atoms with Crippen molar-refractivity contribution in [2.24, 2.45) is 0 Å². The van der Waals surface area contributed by atoms with Crippen molar-refractivity contribution in [1.29, 1.82) is 0 Å². The van der Waals surface area contributed by atoms with Gasteiger partial charge in [-0.15, -0.1) is 34.3 Å². The largest absolute Gasteiger partial charge is 0.309 e. The third kappa shape index (κ3) is 2.31. The van der Waals surface area contributed by atoms with Gasteiger partial charge < -0.3 is 4.98 Å². The zero-order valence-electron chi connectivity index (χ0n) is 9.74. The van der Waals surface area contributed by atoms with E-state index in [2.05, 4.69) is 9.97 Å². The Morgan fingerprint density at radius 3 is 2.84 bits per heavy atom. The molecule has 1 unspecified atom stereocenters. The van der Waals surface area contributed by atoms with Gasteiger partial charge in [0, 0.05) is 15.8 Å². The monoisotopic (exact) mass is 330 g/mol. The number of aromatic nitrogens is 2. The number of hydrogen-bond acceptors (Lipinski definition) is 4. The van der Waals surface area contributed by atoms with Crippen LogP contribution in [0.25, 0.3) is 20.7 Å². The number of fused-ring (bicyclic) bond motifs is 1. The summed E-state index contributed by atoms with van der Waals surface area (Å²) in [4.78, 5) is 21.0. The molecule has 0 spiro atoms. The van der Waals surface area contributed by atoms with Crippen LogP contribution < -0.4 is 5.56 Å². The van der Waals surface area contributed by atoms with E-state index in [1.807, 2.05) is 17.5 Å². The number of rotatable bonds is 2. The van der Waals surface area contributed by atoms with Crippen LogP contribution in [0.3, 0.4) is 0 Å². The van der Waals surface area contributed by atoms with Crippen LogP contribution in [-0.4, -0.2) is 9.97 Å². The van der Waals surface area contributed by atoms with Gasteiger partial charge in [0.25, 0.3) is 5.56 Å². The zero-order chi connectivity index (χ0) is 13.6. The summed E-state index contributed by atoms with van der Waals surface area (Å²) in [5.74, 6) is 0.497. The molecule has 3 aromatic heterocycles. The summed E-state index contributed by atoms with van der Waals surface area (Å²) < 4.78 is 0.699. The highest BCUT2D eigenvalue weighted by atomic mass is 35.5. The summed E-state index contributed by atoms with van der Waals surface area (Å²) in [6.45, 7) is 1.78. The molecule has 0 aliphatic heterocycles. The van der Waals surface area contributed by atoms with E-state index in [1.54, 1.807) is 6.92 Å². The van der Waals surface area contributed by atoms with Gasteiger partial charge >= 0.3 is 0 Å². The Hall–Kier alpha value is -0.880. The van der Waals surface area contributed by atoms with Gasteiger partial charge in [-0.1, -0.05) is 11.6 Å². The first-order chi connectivity index (χ1) is 9.06. The Kier molecular flexibility index (Phi) is 3.39. The second kappa shape index (κ2) is 4.90. The topological polar surface area (TPSA) is 45.8 Å². The maximum Gasteiger partial charge on any atom is 0.260 e. The van der Waals surface area contributed by atoms with Gasteiger partial charge in [-0.2, -0.15) is 0 Å². The molecule has 98 valence electrons. The highest BCUT2D eigenvalue weighted by Gasteiger charge is 2.15. The van der Waals surface area contributed by atoms with Crippen LogP contribution in [0.15, 0.2) is 22.3 Å². The number of H-pyrrole nitrogens is 1. The van der Waals surface area contributed by atoms with Gasteiger partial charge in [-0.25, -0.2) is 4.98 Å². The molecule has 0 bridgehead atoms. The zero-order valence-corrected chi connectivity index (χ0v) is 12.9. The Balaban J connectivity index is 2.27. The molecule has 3 aromatic rings. The molecule has 1 N–H and O–H groups in total. The molecule has 0 saturated heterocycles. The van der Waals surface area contributed by atoms with E-state index in [1.165, 1.54) is 22.7 Å². The van der Waals surface area contributed by atoms with Crippen molar-refractivity contribution in [3.8, 4) is 10.4 Å². The van der Waals surface area contributed by atoms with Gasteiger partial charge in [-0.05, 0) is 19.1 Å². The fraction of sp³-hybridized carbons (Fsp3) is 0.167. The molecule has 3 rings (SSSR count). The summed E-state index contributed by atoms with van der Waals surface area (Å²) in [5.41, 5.74) is 0.715. The van der Waals surface area contributed by atoms with E-state index < -0.39 is 0 Å². The van der Waals surface area contributed by atoms with Crippen molar-refractivity contribution in [3.05, 3.63) is 38.0 Å². The van der Waals surface area contributed by atoms with Gasteiger partial charge in [0.2, 0.25) is 0 Å². The lowest BCUT2D eigenvalue weighted by Gasteiger charge is -2.02. The van der Waals surface area contributed by atoms with Gasteiger partial charge in [0.05, 0.1) is 15.1 Å². The quantitative estimate of drug-likeness (QED) is 0.694. The SMILES string of the molecule is CC(Cl)c1nc2scc(-c3ccc(Cl)s3)c2c(=O)[nH]1. The van der Waals surface area contributed by atoms with Crippen LogP contribution in [0, 0.1) is 0 Å². The minimum absolute atomic E-state index is 0.159. The van der Waals surface area contributed by atoms with Crippen LogP contribution in [0.2, 0.25) is 4.34 Å². The second-order valence-electron chi connectivity index (χ2n) is 4.00. The highest BCUT2D eigenvalue weighted by Crippen LogP contribution is 2.37. The van der Waals surface area contributed by atoms with E-state index in [4.69, 9.17) is 23.2 Å². The van der Waals surface area contributed by atoms with E-state index in [-0.39, 0.29) is 10.9 Å². The van der Waals surface area contributed by atoms with E-state index in [9.17, 15) is 4.79 Å². The highest BCUT2D eigenvalue weighted by molar-refractivity contribution is 7.21. The number of halogens is 2. The number of thiophene rings is 2. The molecule has 0 fully saturated rings. The Morgan fingerprint density at radius 2 is 2.21 bits per heavy atom. The lowest BCUT2D eigenvalue weighted by Crippen LogP contribution is -2.11. The molecule has 0 aromatic carbocycles. The summed E-state index contributed by atoms with van der Waals surface area (Å²) in [6, 6.07) is 3.73. The standard InChI is InChI=1S/C12H8Cl2N2OS2/c1-5(13)10-15-11(17)9-6(4-18-12(9)16-10)7-2-3-8(14)19-7/h2-5H,1H3,(H,15,16,17). The lowest BCUT2D eigenvalue weighted by atomic mass is 10.2. The first kappa shape index (κ1) is 13.1. The number of nitrogens with zero attached hydrogens (tertiary/aromatic N) is 1. The first-order valence-corrected chi connectivity index (χ1v) is 7.98. The molecule has 0 saturated carbocycles. The third-order valence-electron chi connectivity index (χ3n) is 2.68. The average Bonchev–Trinajstić information content (AvgIpc) is 2.94. The van der Waals surface area contributed by atoms with Crippen molar-refractivity contribution in [1.82, 2.24) is 9.97 Å². The second-order valence-corrected chi connectivity index (χ2v) is 7.23. The molecular formula is C12H8Cl2N2OS2. The van der Waals surface area contributed by atoms with Crippen LogP contribution in [-0.2, 0) is 0 Å². The Morgan fingerprint density at radius 1 is 1.42 bits per heavy atom. The van der Waals surface area contributed by atoms with Crippen LogP contribution in [0.4, 0.5) is 0 Å². The molecule has 3 nitrogen and oxygen atoms in total. The van der Waals surface area contributed by atoms with Crippen molar-refractivity contribution in [3.63, 3.8) is 0 Å². The predicted molar refractivity (Wildman–Crippen MR) is 82.8 cm³/mol. The van der Waals surface area contributed by atoms with E-state index >= 15 is 0 Å². The lowest BCUT2D eigenvalue weighted by molar-refractivity contribution is 0.917. The number of nitrogens with one attached hydrogen (secondary N) is 1. The molecule has 0 aliphatic carbocycles. The first-order valence-electron chi connectivity index (χ1n) is 5.47. The summed E-state index contributed by atoms with van der Waals surface area (Å²) in [5, 5.41) is 2.21. The molecule has 19 heavy (non-hydrogen) atoms. The summed E-state index contributed by atoms with van der Waals surface area (Å²) >= 11 is 14.8. The summed E-state index contributed by atoms with van der Waals surface area (Å²) in [7, 11) is 0. The molecule has 1 atom stereocenters. The van der Waals surface area contributed by atoms with Gasteiger partial charge in [-0.3, -0.25) is 4.79 Å². The van der Waals surface area contributed by atoms with Gasteiger partial charge in [0.1, 0.15) is 10.7 Å². The third-order valence-corrected chi connectivity index (χ3v) is 5.02. The fourth-order valence-corrected chi connectivity index (χ4v) is 3.98. The van der Waals surface area contributed by atoms with Crippen molar-refractivity contribution in [2.45, 2.75) is 12.3 Å². The fourth-order valence-electron chi connectivity index (χ4n) is 1.79.